The summed E-state index contributed by atoms with van der Waals surface area (Å²) in [6.45, 7) is 3.93. The van der Waals surface area contributed by atoms with Crippen LogP contribution in [0.15, 0.2) is 36.5 Å². The van der Waals surface area contributed by atoms with E-state index in [9.17, 15) is 24.5 Å². The zero-order valence-electron chi connectivity index (χ0n) is 36.2. The fraction of sp³-hybridized carbons (Fsp3) is 0.848. The molecular weight excluding hydrogens is 723 g/mol. The number of aliphatic hydroxyl groups is 2. The molecule has 9 nitrogen and oxygen atoms in total. The van der Waals surface area contributed by atoms with E-state index in [1.807, 2.05) is 6.08 Å². The van der Waals surface area contributed by atoms with Crippen molar-refractivity contribution < 1.29 is 33.5 Å². The number of phosphoric acid groups is 1. The van der Waals surface area contributed by atoms with Gasteiger partial charge in [0.15, 0.2) is 0 Å². The molecular formula is C46H89N2O7P. The van der Waals surface area contributed by atoms with Gasteiger partial charge in [-0.25, -0.2) is 4.57 Å². The normalized spacial score (nSPS) is 14.9. The minimum Gasteiger partial charge on any atom is -0.393 e. The third kappa shape index (κ3) is 39.5. The number of rotatable bonds is 43. The van der Waals surface area contributed by atoms with Crippen LogP contribution >= 0.6 is 7.82 Å². The van der Waals surface area contributed by atoms with Gasteiger partial charge in [-0.05, 0) is 44.9 Å². The summed E-state index contributed by atoms with van der Waals surface area (Å²) in [5, 5.41) is 24.0. The number of unbranched alkanes of at least 4 members (excludes halogenated alkanes) is 25. The monoisotopic (exact) mass is 813 g/mol. The Bertz CT molecular complexity index is 993. The van der Waals surface area contributed by atoms with Gasteiger partial charge in [0, 0.05) is 6.54 Å². The highest BCUT2D eigenvalue weighted by molar-refractivity contribution is 7.47. The topological polar surface area (TPSA) is 151 Å². The van der Waals surface area contributed by atoms with E-state index >= 15 is 0 Å². The number of allylic oxidation sites excluding steroid dienone is 5. The number of nitrogens with two attached hydrogens (primary N) is 1. The van der Waals surface area contributed by atoms with Gasteiger partial charge in [-0.15, -0.1) is 0 Å². The molecule has 0 saturated carbocycles. The fourth-order valence-electron chi connectivity index (χ4n) is 6.74. The van der Waals surface area contributed by atoms with E-state index in [4.69, 9.17) is 14.8 Å². The summed E-state index contributed by atoms with van der Waals surface area (Å²) in [7, 11) is -4.41. The highest BCUT2D eigenvalue weighted by Gasteiger charge is 2.27. The van der Waals surface area contributed by atoms with E-state index < -0.39 is 38.6 Å². The Morgan fingerprint density at radius 3 is 1.48 bits per heavy atom. The first-order valence-electron chi connectivity index (χ1n) is 23.2. The van der Waals surface area contributed by atoms with Crippen LogP contribution in [0, 0.1) is 0 Å². The van der Waals surface area contributed by atoms with Gasteiger partial charge in [-0.1, -0.05) is 198 Å². The van der Waals surface area contributed by atoms with E-state index in [1.54, 1.807) is 6.08 Å². The number of hydrogen-bond acceptors (Lipinski definition) is 7. The predicted octanol–water partition coefficient (Wildman–Crippen LogP) is 12.1. The van der Waals surface area contributed by atoms with Crippen LogP contribution in [-0.2, 0) is 18.4 Å². The fourth-order valence-corrected chi connectivity index (χ4v) is 7.50. The molecule has 4 atom stereocenters. The van der Waals surface area contributed by atoms with Crippen molar-refractivity contribution in [2.75, 3.05) is 19.8 Å². The standard InChI is InChI=1S/C46H89N2O7P/c1-3-5-7-9-11-13-15-17-19-20-21-22-23-24-25-27-29-31-33-35-37-43(49)41-46(51)48-44(42-55-56(52,53)54-40-39-47)45(50)38-36-34-32-30-28-26-18-16-14-12-10-8-6-4-2/h14,16,28,30,36,38,43-45,49-50H,3-13,15,17-27,29,31-35,37,39-42,47H2,1-2H3,(H,48,51)(H,52,53)/b16-14+,30-28+,38-36+. The molecule has 0 aliphatic heterocycles. The van der Waals surface area contributed by atoms with Crippen LogP contribution in [0.1, 0.15) is 213 Å². The van der Waals surface area contributed by atoms with Gasteiger partial charge >= 0.3 is 7.82 Å². The first-order valence-corrected chi connectivity index (χ1v) is 24.7. The first-order chi connectivity index (χ1) is 27.3. The van der Waals surface area contributed by atoms with Crippen molar-refractivity contribution in [1.82, 2.24) is 5.32 Å². The number of aliphatic hydroxyl groups excluding tert-OH is 2. The summed E-state index contributed by atoms with van der Waals surface area (Å²) < 4.78 is 22.1. The van der Waals surface area contributed by atoms with Crippen molar-refractivity contribution in [3.05, 3.63) is 36.5 Å². The molecule has 330 valence electrons. The lowest BCUT2D eigenvalue weighted by molar-refractivity contribution is -0.124. The molecule has 0 aromatic rings. The number of hydrogen-bond donors (Lipinski definition) is 5. The Labute approximate surface area is 344 Å². The lowest BCUT2D eigenvalue weighted by Gasteiger charge is -2.24. The summed E-state index contributed by atoms with van der Waals surface area (Å²) >= 11 is 0. The van der Waals surface area contributed by atoms with Crippen LogP contribution in [0.5, 0.6) is 0 Å². The van der Waals surface area contributed by atoms with Crippen LogP contribution in [-0.4, -0.2) is 59.0 Å². The van der Waals surface area contributed by atoms with Crippen LogP contribution in [0.25, 0.3) is 0 Å². The van der Waals surface area contributed by atoms with Crippen LogP contribution in [0.3, 0.4) is 0 Å². The Morgan fingerprint density at radius 1 is 0.607 bits per heavy atom. The molecule has 10 heteroatoms. The Balaban J connectivity index is 4.25. The van der Waals surface area contributed by atoms with Crippen molar-refractivity contribution >= 4 is 13.7 Å². The third-order valence-electron chi connectivity index (χ3n) is 10.3. The summed E-state index contributed by atoms with van der Waals surface area (Å²) in [4.78, 5) is 22.8. The minimum absolute atomic E-state index is 0.0428. The molecule has 1 amide bonds. The lowest BCUT2D eigenvalue weighted by atomic mass is 10.0. The summed E-state index contributed by atoms with van der Waals surface area (Å²) in [6.07, 6.45) is 46.7. The summed E-state index contributed by atoms with van der Waals surface area (Å²) in [5.41, 5.74) is 5.36. The molecule has 0 spiro atoms. The van der Waals surface area contributed by atoms with Gasteiger partial charge in [0.05, 0.1) is 37.9 Å². The number of amides is 1. The second kappa shape index (κ2) is 41.8. The predicted molar refractivity (Wildman–Crippen MR) is 237 cm³/mol. The Hall–Kier alpha value is -1.32. The highest BCUT2D eigenvalue weighted by Crippen LogP contribution is 2.43. The average Bonchev–Trinajstić information content (AvgIpc) is 3.17. The molecule has 0 fully saturated rings. The van der Waals surface area contributed by atoms with E-state index in [0.717, 1.165) is 44.9 Å². The SMILES string of the molecule is CCCCCC/C=C/CC/C=C/CC/C=C/C(O)C(COP(=O)(O)OCCN)NC(=O)CC(O)CCCCCCCCCCCCCCCCCCCCCC. The van der Waals surface area contributed by atoms with Crippen LogP contribution in [0.4, 0.5) is 0 Å². The smallest absolute Gasteiger partial charge is 0.393 e. The molecule has 0 aliphatic rings. The molecule has 6 N–H and O–H groups in total. The number of carbonyl (C=O) groups is 1. The number of nitrogens with one attached hydrogen (secondary N) is 1. The summed E-state index contributed by atoms with van der Waals surface area (Å²) in [5.74, 6) is -0.458. The van der Waals surface area contributed by atoms with E-state index in [2.05, 4.69) is 43.5 Å². The average molecular weight is 813 g/mol. The van der Waals surface area contributed by atoms with Crippen molar-refractivity contribution in [1.29, 1.82) is 0 Å². The maximum Gasteiger partial charge on any atom is 0.472 e. The molecule has 0 rings (SSSR count). The molecule has 0 saturated heterocycles. The summed E-state index contributed by atoms with van der Waals surface area (Å²) in [6, 6.07) is -1.00. The van der Waals surface area contributed by atoms with Crippen LogP contribution in [0.2, 0.25) is 0 Å². The zero-order valence-corrected chi connectivity index (χ0v) is 37.1. The zero-order chi connectivity index (χ0) is 41.2. The van der Waals surface area contributed by atoms with Crippen molar-refractivity contribution in [2.45, 2.75) is 231 Å². The van der Waals surface area contributed by atoms with Gasteiger partial charge in [0.2, 0.25) is 5.91 Å². The molecule has 4 unspecified atom stereocenters. The van der Waals surface area contributed by atoms with Crippen LogP contribution < -0.4 is 11.1 Å². The molecule has 0 aliphatic carbocycles. The molecule has 56 heavy (non-hydrogen) atoms. The van der Waals surface area contributed by atoms with Gasteiger partial charge in [-0.3, -0.25) is 13.8 Å². The van der Waals surface area contributed by atoms with E-state index in [0.29, 0.717) is 12.8 Å². The quantitative estimate of drug-likeness (QED) is 0.0232. The van der Waals surface area contributed by atoms with Gasteiger partial charge in [0.25, 0.3) is 0 Å². The second-order valence-corrected chi connectivity index (χ2v) is 17.2. The number of carbonyl (C=O) groups excluding carboxylic acids is 1. The van der Waals surface area contributed by atoms with E-state index in [-0.39, 0.29) is 19.6 Å². The lowest BCUT2D eigenvalue weighted by Crippen LogP contribution is -2.46. The maximum atomic E-state index is 12.8. The van der Waals surface area contributed by atoms with Crippen molar-refractivity contribution in [3.8, 4) is 0 Å². The molecule has 0 aromatic carbocycles. The minimum atomic E-state index is -4.41. The largest absolute Gasteiger partial charge is 0.472 e. The molecule has 0 aromatic heterocycles. The van der Waals surface area contributed by atoms with Gasteiger partial charge in [-0.2, -0.15) is 0 Å². The van der Waals surface area contributed by atoms with Crippen molar-refractivity contribution in [3.63, 3.8) is 0 Å². The molecule has 0 radical (unpaired) electrons. The van der Waals surface area contributed by atoms with Crippen molar-refractivity contribution in [2.24, 2.45) is 5.73 Å². The number of phosphoric ester groups is 1. The Kier molecular flexibility index (Phi) is 40.8. The van der Waals surface area contributed by atoms with E-state index in [1.165, 1.54) is 135 Å². The van der Waals surface area contributed by atoms with Gasteiger partial charge in [0.1, 0.15) is 0 Å². The molecule has 0 bridgehead atoms. The van der Waals surface area contributed by atoms with Gasteiger partial charge < -0.3 is 26.2 Å². The second-order valence-electron chi connectivity index (χ2n) is 15.8. The third-order valence-corrected chi connectivity index (χ3v) is 11.2. The molecule has 0 heterocycles. The maximum absolute atomic E-state index is 12.8. The Morgan fingerprint density at radius 2 is 1.02 bits per heavy atom. The first kappa shape index (κ1) is 54.7. The highest BCUT2D eigenvalue weighted by atomic mass is 31.2.